The Kier molecular flexibility index (Phi) is 4.18. The van der Waals surface area contributed by atoms with E-state index in [0.29, 0.717) is 10.8 Å². The van der Waals surface area contributed by atoms with Crippen molar-refractivity contribution >= 4 is 11.6 Å². The molecule has 0 aliphatic heterocycles. The Bertz CT molecular complexity index is 650. The maximum absolute atomic E-state index is 6.22. The molecule has 3 heteroatoms. The molecule has 1 fully saturated rings. The maximum Gasteiger partial charge on any atom is 0.146 e. The van der Waals surface area contributed by atoms with Gasteiger partial charge in [-0.15, -0.1) is 0 Å². The lowest BCUT2D eigenvalue weighted by Crippen LogP contribution is -2.15. The van der Waals surface area contributed by atoms with Crippen molar-refractivity contribution < 1.29 is 4.74 Å². The number of ether oxygens (including phenoxy) is 1. The molecule has 1 saturated carbocycles. The van der Waals surface area contributed by atoms with Crippen LogP contribution in [-0.4, -0.2) is 6.04 Å². The van der Waals surface area contributed by atoms with Crippen LogP contribution in [-0.2, 0) is 6.54 Å². The molecule has 0 radical (unpaired) electrons. The third-order valence-corrected chi connectivity index (χ3v) is 4.01. The first-order chi connectivity index (χ1) is 10.1. The van der Waals surface area contributed by atoms with Crippen molar-refractivity contribution in [2.75, 3.05) is 0 Å². The van der Waals surface area contributed by atoms with Crippen molar-refractivity contribution in [2.45, 2.75) is 39.3 Å². The van der Waals surface area contributed by atoms with E-state index in [1.807, 2.05) is 31.2 Å². The molecule has 0 amide bonds. The van der Waals surface area contributed by atoms with E-state index in [1.165, 1.54) is 18.4 Å². The van der Waals surface area contributed by atoms with E-state index < -0.39 is 0 Å². The van der Waals surface area contributed by atoms with Crippen molar-refractivity contribution in [1.29, 1.82) is 0 Å². The summed E-state index contributed by atoms with van der Waals surface area (Å²) in [6.45, 7) is 5.01. The molecule has 0 bridgehead atoms. The van der Waals surface area contributed by atoms with Gasteiger partial charge in [-0.2, -0.15) is 0 Å². The Labute approximate surface area is 131 Å². The highest BCUT2D eigenvalue weighted by molar-refractivity contribution is 6.32. The second-order valence-electron chi connectivity index (χ2n) is 5.79. The normalized spacial score (nSPS) is 14.2. The van der Waals surface area contributed by atoms with E-state index in [4.69, 9.17) is 16.3 Å². The van der Waals surface area contributed by atoms with Gasteiger partial charge in [-0.3, -0.25) is 0 Å². The number of hydrogen-bond donors (Lipinski definition) is 1. The van der Waals surface area contributed by atoms with Crippen LogP contribution in [0.25, 0.3) is 0 Å². The Morgan fingerprint density at radius 3 is 2.52 bits per heavy atom. The minimum atomic E-state index is 0.647. The van der Waals surface area contributed by atoms with Gasteiger partial charge in [0.1, 0.15) is 11.5 Å². The predicted molar refractivity (Wildman–Crippen MR) is 87.3 cm³/mol. The fraction of sp³-hybridized carbons (Fsp3) is 0.333. The topological polar surface area (TPSA) is 21.3 Å². The SMILES string of the molecule is Cc1ccc(Oc2ccc(CNC3CC3)cc2C)c(Cl)c1. The highest BCUT2D eigenvalue weighted by Crippen LogP contribution is 2.32. The number of halogens is 1. The van der Waals surface area contributed by atoms with Crippen LogP contribution < -0.4 is 10.1 Å². The molecule has 0 atom stereocenters. The number of hydrogen-bond acceptors (Lipinski definition) is 2. The van der Waals surface area contributed by atoms with Crippen LogP contribution in [0.5, 0.6) is 11.5 Å². The van der Waals surface area contributed by atoms with Gasteiger partial charge in [0.05, 0.1) is 5.02 Å². The first-order valence-corrected chi connectivity index (χ1v) is 7.76. The van der Waals surface area contributed by atoms with Crippen LogP contribution >= 0.6 is 11.6 Å². The van der Waals surface area contributed by atoms with Gasteiger partial charge in [0.15, 0.2) is 0 Å². The lowest BCUT2D eigenvalue weighted by molar-refractivity contribution is 0.478. The Balaban J connectivity index is 1.72. The van der Waals surface area contributed by atoms with Gasteiger partial charge in [-0.05, 0) is 61.6 Å². The molecule has 0 spiro atoms. The zero-order valence-corrected chi connectivity index (χ0v) is 13.2. The average molecular weight is 302 g/mol. The Hall–Kier alpha value is -1.51. The van der Waals surface area contributed by atoms with Crippen molar-refractivity contribution in [3.63, 3.8) is 0 Å². The van der Waals surface area contributed by atoms with Crippen LogP contribution in [0.3, 0.4) is 0 Å². The highest BCUT2D eigenvalue weighted by Gasteiger charge is 2.20. The first kappa shape index (κ1) is 14.4. The summed E-state index contributed by atoms with van der Waals surface area (Å²) in [6, 6.07) is 12.9. The number of nitrogens with one attached hydrogen (secondary N) is 1. The lowest BCUT2D eigenvalue weighted by atomic mass is 10.1. The molecule has 0 aromatic heterocycles. The van der Waals surface area contributed by atoms with E-state index in [2.05, 4.69) is 24.4 Å². The molecule has 2 nitrogen and oxygen atoms in total. The second kappa shape index (κ2) is 6.08. The van der Waals surface area contributed by atoms with Crippen molar-refractivity contribution in [3.8, 4) is 11.5 Å². The summed E-state index contributed by atoms with van der Waals surface area (Å²) in [5.41, 5.74) is 3.55. The third kappa shape index (κ3) is 3.78. The smallest absolute Gasteiger partial charge is 0.146 e. The van der Waals surface area contributed by atoms with Gasteiger partial charge in [0.2, 0.25) is 0 Å². The zero-order valence-electron chi connectivity index (χ0n) is 12.4. The molecular weight excluding hydrogens is 282 g/mol. The number of benzene rings is 2. The fourth-order valence-corrected chi connectivity index (χ4v) is 2.57. The van der Waals surface area contributed by atoms with Gasteiger partial charge in [0, 0.05) is 12.6 Å². The third-order valence-electron chi connectivity index (χ3n) is 3.72. The molecule has 1 N–H and O–H groups in total. The molecule has 0 saturated heterocycles. The van der Waals surface area contributed by atoms with E-state index >= 15 is 0 Å². The monoisotopic (exact) mass is 301 g/mol. The van der Waals surface area contributed by atoms with Crippen LogP contribution in [0.2, 0.25) is 5.02 Å². The molecule has 2 aromatic carbocycles. The molecule has 110 valence electrons. The van der Waals surface area contributed by atoms with Crippen molar-refractivity contribution in [1.82, 2.24) is 5.32 Å². The van der Waals surface area contributed by atoms with Crippen LogP contribution in [0.4, 0.5) is 0 Å². The summed E-state index contributed by atoms with van der Waals surface area (Å²) in [5.74, 6) is 1.56. The van der Waals surface area contributed by atoms with Crippen LogP contribution in [0.15, 0.2) is 36.4 Å². The zero-order chi connectivity index (χ0) is 14.8. The van der Waals surface area contributed by atoms with E-state index in [9.17, 15) is 0 Å². The molecule has 1 aliphatic carbocycles. The van der Waals surface area contributed by atoms with E-state index in [1.54, 1.807) is 0 Å². The maximum atomic E-state index is 6.22. The molecule has 0 unspecified atom stereocenters. The lowest BCUT2D eigenvalue weighted by Gasteiger charge is -2.12. The van der Waals surface area contributed by atoms with Crippen molar-refractivity contribution in [3.05, 3.63) is 58.1 Å². The standard InChI is InChI=1S/C18H20ClNO/c1-12-3-7-18(16(19)9-12)21-17-8-4-14(10-13(17)2)11-20-15-5-6-15/h3-4,7-10,15,20H,5-6,11H2,1-2H3. The second-order valence-corrected chi connectivity index (χ2v) is 6.20. The number of rotatable bonds is 5. The van der Waals surface area contributed by atoms with E-state index in [0.717, 1.165) is 29.5 Å². The molecule has 3 rings (SSSR count). The van der Waals surface area contributed by atoms with E-state index in [-0.39, 0.29) is 0 Å². The summed E-state index contributed by atoms with van der Waals surface area (Å²) in [7, 11) is 0. The molecule has 2 aromatic rings. The van der Waals surface area contributed by atoms with Crippen LogP contribution in [0.1, 0.15) is 29.5 Å². The van der Waals surface area contributed by atoms with Gasteiger partial charge < -0.3 is 10.1 Å². The molecule has 0 heterocycles. The quantitative estimate of drug-likeness (QED) is 0.839. The predicted octanol–water partition coefficient (Wildman–Crippen LogP) is 5.00. The minimum absolute atomic E-state index is 0.647. The summed E-state index contributed by atoms with van der Waals surface area (Å²) in [6.07, 6.45) is 2.62. The minimum Gasteiger partial charge on any atom is -0.456 e. The fourth-order valence-electron chi connectivity index (χ4n) is 2.29. The molecular formula is C18H20ClNO. The van der Waals surface area contributed by atoms with Gasteiger partial charge >= 0.3 is 0 Å². The first-order valence-electron chi connectivity index (χ1n) is 7.39. The average Bonchev–Trinajstić information content (AvgIpc) is 3.26. The summed E-state index contributed by atoms with van der Waals surface area (Å²) >= 11 is 6.22. The van der Waals surface area contributed by atoms with Crippen molar-refractivity contribution in [2.24, 2.45) is 0 Å². The summed E-state index contributed by atoms with van der Waals surface area (Å²) in [4.78, 5) is 0. The van der Waals surface area contributed by atoms with Crippen LogP contribution in [0, 0.1) is 13.8 Å². The Morgan fingerprint density at radius 2 is 1.86 bits per heavy atom. The van der Waals surface area contributed by atoms with Gasteiger partial charge in [-0.25, -0.2) is 0 Å². The van der Waals surface area contributed by atoms with Gasteiger partial charge in [-0.1, -0.05) is 29.8 Å². The Morgan fingerprint density at radius 1 is 1.10 bits per heavy atom. The molecule has 21 heavy (non-hydrogen) atoms. The number of aryl methyl sites for hydroxylation is 2. The largest absolute Gasteiger partial charge is 0.456 e. The van der Waals surface area contributed by atoms with Gasteiger partial charge in [0.25, 0.3) is 0 Å². The molecule has 1 aliphatic rings. The summed E-state index contributed by atoms with van der Waals surface area (Å²) < 4.78 is 5.94. The summed E-state index contributed by atoms with van der Waals surface area (Å²) in [5, 5.41) is 4.17. The highest BCUT2D eigenvalue weighted by atomic mass is 35.5.